The Morgan fingerprint density at radius 3 is 2.55 bits per heavy atom. The summed E-state index contributed by atoms with van der Waals surface area (Å²) in [6, 6.07) is 14.4. The van der Waals surface area contributed by atoms with Gasteiger partial charge < -0.3 is 13.7 Å². The highest BCUT2D eigenvalue weighted by Crippen LogP contribution is 2.23. The van der Waals surface area contributed by atoms with Crippen LogP contribution in [0.2, 0.25) is 0 Å². The maximum atomic E-state index is 5.79. The first-order valence-electron chi connectivity index (χ1n) is 11.0. The average molecular weight is 417 g/mol. The maximum Gasteiger partial charge on any atom is 0.226 e. The van der Waals surface area contributed by atoms with Crippen LogP contribution in [-0.2, 0) is 13.1 Å². The number of likely N-dealkylation sites (tertiary alicyclic amines) is 1. The van der Waals surface area contributed by atoms with Crippen molar-refractivity contribution in [1.29, 1.82) is 0 Å². The van der Waals surface area contributed by atoms with E-state index in [1.165, 1.54) is 31.2 Å². The van der Waals surface area contributed by atoms with Crippen LogP contribution in [0.1, 0.15) is 36.9 Å². The molecule has 0 bridgehead atoms. The first kappa shape index (κ1) is 19.8. The van der Waals surface area contributed by atoms with E-state index in [2.05, 4.69) is 38.7 Å². The number of benzene rings is 2. The van der Waals surface area contributed by atoms with Gasteiger partial charge in [-0.3, -0.25) is 4.90 Å². The molecule has 1 saturated heterocycles. The quantitative estimate of drug-likeness (QED) is 0.436. The Kier molecular flexibility index (Phi) is 5.71. The van der Waals surface area contributed by atoms with Crippen LogP contribution < -0.4 is 4.74 Å². The van der Waals surface area contributed by atoms with Gasteiger partial charge in [-0.25, -0.2) is 9.97 Å². The fraction of sp³-hybridized carbons (Fsp3) is 0.360. The summed E-state index contributed by atoms with van der Waals surface area (Å²) >= 11 is 0. The summed E-state index contributed by atoms with van der Waals surface area (Å²) in [5.41, 5.74) is 5.24. The number of ether oxygens (including phenoxy) is 1. The van der Waals surface area contributed by atoms with Crippen LogP contribution in [0.5, 0.6) is 5.75 Å². The van der Waals surface area contributed by atoms with E-state index in [0.29, 0.717) is 5.89 Å². The van der Waals surface area contributed by atoms with E-state index in [9.17, 15) is 0 Å². The number of fused-ring (bicyclic) bond motifs is 1. The fourth-order valence-corrected chi connectivity index (χ4v) is 4.27. The molecule has 2 aromatic heterocycles. The second-order valence-corrected chi connectivity index (χ2v) is 8.26. The highest BCUT2D eigenvalue weighted by Gasteiger charge is 2.13. The number of nitrogens with zero attached hydrogens (tertiary/aromatic N) is 4. The minimum Gasteiger partial charge on any atom is -0.497 e. The Morgan fingerprint density at radius 2 is 1.77 bits per heavy atom. The maximum absolute atomic E-state index is 5.79. The van der Waals surface area contributed by atoms with Gasteiger partial charge in [0.15, 0.2) is 0 Å². The van der Waals surface area contributed by atoms with Crippen LogP contribution in [0.25, 0.3) is 22.5 Å². The van der Waals surface area contributed by atoms with Gasteiger partial charge in [-0.05, 0) is 55.8 Å². The molecular weight excluding hydrogens is 388 g/mol. The zero-order valence-electron chi connectivity index (χ0n) is 18.0. The molecule has 1 aliphatic heterocycles. The molecule has 0 N–H and O–H groups in total. The second-order valence-electron chi connectivity index (χ2n) is 8.26. The number of hydrogen-bond donors (Lipinski definition) is 0. The first-order chi connectivity index (χ1) is 15.3. The van der Waals surface area contributed by atoms with Crippen molar-refractivity contribution in [3.63, 3.8) is 0 Å². The Labute approximate surface area is 182 Å². The van der Waals surface area contributed by atoms with Gasteiger partial charge in [0.2, 0.25) is 5.89 Å². The Balaban J connectivity index is 1.28. The molecule has 0 amide bonds. The van der Waals surface area contributed by atoms with Crippen molar-refractivity contribution in [2.75, 3.05) is 20.2 Å². The average Bonchev–Trinajstić information content (AvgIpc) is 3.34. The lowest BCUT2D eigenvalue weighted by molar-refractivity contribution is 0.273. The largest absolute Gasteiger partial charge is 0.497 e. The van der Waals surface area contributed by atoms with Gasteiger partial charge in [-0.1, -0.05) is 25.0 Å². The molecule has 0 radical (unpaired) electrons. The molecule has 5 rings (SSSR count). The van der Waals surface area contributed by atoms with E-state index in [1.807, 2.05) is 24.5 Å². The van der Waals surface area contributed by atoms with Gasteiger partial charge in [-0.15, -0.1) is 0 Å². The summed E-state index contributed by atoms with van der Waals surface area (Å²) in [5, 5.41) is 0. The molecule has 0 aliphatic carbocycles. The lowest BCUT2D eigenvalue weighted by Crippen LogP contribution is -2.24. The molecule has 0 spiro atoms. The summed E-state index contributed by atoms with van der Waals surface area (Å²) in [6.45, 7) is 3.94. The Morgan fingerprint density at radius 1 is 0.968 bits per heavy atom. The SMILES string of the molecule is COc1ccc2ncn(Cc3ccc(-c4nc(CN5CCCCCC5)co4)cc3)c2c1. The molecule has 0 unspecified atom stereocenters. The van der Waals surface area contributed by atoms with E-state index < -0.39 is 0 Å². The van der Waals surface area contributed by atoms with Gasteiger partial charge >= 0.3 is 0 Å². The normalized spacial score (nSPS) is 15.3. The van der Waals surface area contributed by atoms with Gasteiger partial charge in [0.05, 0.1) is 30.2 Å². The smallest absolute Gasteiger partial charge is 0.226 e. The van der Waals surface area contributed by atoms with Crippen LogP contribution >= 0.6 is 0 Å². The number of imidazole rings is 1. The molecule has 31 heavy (non-hydrogen) atoms. The fourth-order valence-electron chi connectivity index (χ4n) is 4.27. The lowest BCUT2D eigenvalue weighted by atomic mass is 10.1. The molecular formula is C25H28N4O2. The van der Waals surface area contributed by atoms with Crippen LogP contribution in [-0.4, -0.2) is 39.6 Å². The van der Waals surface area contributed by atoms with Gasteiger partial charge in [0.1, 0.15) is 12.0 Å². The van der Waals surface area contributed by atoms with E-state index in [-0.39, 0.29) is 0 Å². The second kappa shape index (κ2) is 8.94. The topological polar surface area (TPSA) is 56.3 Å². The van der Waals surface area contributed by atoms with E-state index in [4.69, 9.17) is 14.1 Å². The Bertz CT molecular complexity index is 1140. The van der Waals surface area contributed by atoms with Crippen LogP contribution in [0.15, 0.2) is 59.5 Å². The summed E-state index contributed by atoms with van der Waals surface area (Å²) in [4.78, 5) is 11.7. The number of oxazole rings is 1. The summed E-state index contributed by atoms with van der Waals surface area (Å²) in [7, 11) is 1.68. The highest BCUT2D eigenvalue weighted by molar-refractivity contribution is 5.77. The van der Waals surface area contributed by atoms with Crippen molar-refractivity contribution >= 4 is 11.0 Å². The zero-order chi connectivity index (χ0) is 21.0. The molecule has 6 heteroatoms. The molecule has 0 saturated carbocycles. The molecule has 1 aliphatic rings. The number of hydrogen-bond acceptors (Lipinski definition) is 5. The summed E-state index contributed by atoms with van der Waals surface area (Å²) < 4.78 is 13.3. The molecule has 1 fully saturated rings. The van der Waals surface area contributed by atoms with Crippen molar-refractivity contribution in [3.8, 4) is 17.2 Å². The summed E-state index contributed by atoms with van der Waals surface area (Å²) in [5.74, 6) is 1.53. The number of rotatable bonds is 6. The predicted octanol–water partition coefficient (Wildman–Crippen LogP) is 5.12. The van der Waals surface area contributed by atoms with E-state index in [0.717, 1.165) is 54.2 Å². The monoisotopic (exact) mass is 416 g/mol. The predicted molar refractivity (Wildman–Crippen MR) is 121 cm³/mol. The third-order valence-corrected chi connectivity index (χ3v) is 6.02. The third-order valence-electron chi connectivity index (χ3n) is 6.02. The number of aromatic nitrogens is 3. The van der Waals surface area contributed by atoms with Gasteiger partial charge in [0, 0.05) is 24.7 Å². The standard InChI is InChI=1S/C25H28N4O2/c1-30-22-10-11-23-24(14-22)29(18-26-23)15-19-6-8-20(9-7-19)25-27-21(17-31-25)16-28-12-4-2-3-5-13-28/h6-11,14,17-18H,2-5,12-13,15-16H2,1H3. The minimum absolute atomic E-state index is 0.689. The highest BCUT2D eigenvalue weighted by atomic mass is 16.5. The van der Waals surface area contributed by atoms with Crippen LogP contribution in [0.4, 0.5) is 0 Å². The van der Waals surface area contributed by atoms with Crippen molar-refractivity contribution in [1.82, 2.24) is 19.4 Å². The zero-order valence-corrected chi connectivity index (χ0v) is 18.0. The van der Waals surface area contributed by atoms with Crippen molar-refractivity contribution < 1.29 is 9.15 Å². The minimum atomic E-state index is 0.689. The van der Waals surface area contributed by atoms with Crippen LogP contribution in [0, 0.1) is 0 Å². The van der Waals surface area contributed by atoms with Crippen molar-refractivity contribution in [2.45, 2.75) is 38.8 Å². The lowest BCUT2D eigenvalue weighted by Gasteiger charge is -2.17. The molecule has 4 aromatic rings. The molecule has 0 atom stereocenters. The third kappa shape index (κ3) is 4.49. The van der Waals surface area contributed by atoms with Crippen molar-refractivity contribution in [2.24, 2.45) is 0 Å². The van der Waals surface area contributed by atoms with Crippen molar-refractivity contribution in [3.05, 3.63) is 66.3 Å². The molecule has 6 nitrogen and oxygen atoms in total. The molecule has 2 aromatic carbocycles. The van der Waals surface area contributed by atoms with E-state index >= 15 is 0 Å². The molecule has 3 heterocycles. The summed E-state index contributed by atoms with van der Waals surface area (Å²) in [6.07, 6.45) is 8.93. The molecule has 160 valence electrons. The van der Waals surface area contributed by atoms with Gasteiger partial charge in [-0.2, -0.15) is 0 Å². The number of methoxy groups -OCH3 is 1. The first-order valence-corrected chi connectivity index (χ1v) is 11.0. The van der Waals surface area contributed by atoms with Crippen LogP contribution in [0.3, 0.4) is 0 Å². The van der Waals surface area contributed by atoms with E-state index in [1.54, 1.807) is 13.4 Å². The Hall–Kier alpha value is -3.12. The van der Waals surface area contributed by atoms with Gasteiger partial charge in [0.25, 0.3) is 0 Å².